The lowest BCUT2D eigenvalue weighted by Crippen LogP contribution is -2.17. The Morgan fingerprint density at radius 2 is 2.12 bits per heavy atom. The first kappa shape index (κ1) is 8.69. The van der Waals surface area contributed by atoms with E-state index in [1.807, 2.05) is 29.1 Å². The van der Waals surface area contributed by atoms with Crippen molar-refractivity contribution in [2.24, 2.45) is 4.99 Å². The summed E-state index contributed by atoms with van der Waals surface area (Å²) >= 11 is 0. The number of rotatable bonds is 0. The first-order chi connectivity index (χ1) is 8.43. The minimum atomic E-state index is 0.668. The van der Waals surface area contributed by atoms with E-state index < -0.39 is 0 Å². The Hall–Kier alpha value is -2.43. The SMILES string of the molecule is C1=NCN2C1=Cn1cnnc1-c1ccccc12. The van der Waals surface area contributed by atoms with Crippen molar-refractivity contribution < 1.29 is 0 Å². The quantitative estimate of drug-likeness (QED) is 0.681. The molecule has 0 radical (unpaired) electrons. The van der Waals surface area contributed by atoms with E-state index in [1.54, 1.807) is 6.33 Å². The fraction of sp³-hybridized carbons (Fsp3) is 0.0833. The first-order valence-corrected chi connectivity index (χ1v) is 5.41. The minimum absolute atomic E-state index is 0.668. The molecule has 3 heterocycles. The molecular formula is C12H9N5. The van der Waals surface area contributed by atoms with Gasteiger partial charge in [0.15, 0.2) is 5.82 Å². The molecule has 0 amide bonds. The van der Waals surface area contributed by atoms with E-state index in [0.29, 0.717) is 6.67 Å². The molecular weight excluding hydrogens is 214 g/mol. The number of para-hydroxylation sites is 1. The highest BCUT2D eigenvalue weighted by atomic mass is 15.3. The zero-order chi connectivity index (χ0) is 11.2. The third-order valence-electron chi connectivity index (χ3n) is 3.04. The lowest BCUT2D eigenvalue weighted by Gasteiger charge is -2.18. The predicted octanol–water partition coefficient (Wildman–Crippen LogP) is 1.61. The molecule has 2 aliphatic rings. The second-order valence-corrected chi connectivity index (χ2v) is 4.01. The normalized spacial score (nSPS) is 16.0. The van der Waals surface area contributed by atoms with E-state index >= 15 is 0 Å². The zero-order valence-electron chi connectivity index (χ0n) is 8.98. The summed E-state index contributed by atoms with van der Waals surface area (Å²) in [4.78, 5) is 6.47. The monoisotopic (exact) mass is 223 g/mol. The second-order valence-electron chi connectivity index (χ2n) is 4.01. The molecule has 5 heteroatoms. The summed E-state index contributed by atoms with van der Waals surface area (Å²) in [6, 6.07) is 8.19. The van der Waals surface area contributed by atoms with Gasteiger partial charge in [0.25, 0.3) is 0 Å². The summed E-state index contributed by atoms with van der Waals surface area (Å²) < 4.78 is 1.94. The molecule has 82 valence electrons. The van der Waals surface area contributed by atoms with Gasteiger partial charge in [-0.2, -0.15) is 0 Å². The van der Waals surface area contributed by atoms with Crippen LogP contribution in [0.4, 0.5) is 5.69 Å². The van der Waals surface area contributed by atoms with E-state index in [-0.39, 0.29) is 0 Å². The van der Waals surface area contributed by atoms with Crippen molar-refractivity contribution in [2.45, 2.75) is 0 Å². The van der Waals surface area contributed by atoms with Gasteiger partial charge in [-0.25, -0.2) is 0 Å². The summed E-state index contributed by atoms with van der Waals surface area (Å²) in [7, 11) is 0. The molecule has 0 atom stereocenters. The average molecular weight is 223 g/mol. The topological polar surface area (TPSA) is 46.3 Å². The molecule has 0 saturated heterocycles. The van der Waals surface area contributed by atoms with Gasteiger partial charge in [-0.3, -0.25) is 9.56 Å². The molecule has 1 aromatic heterocycles. The van der Waals surface area contributed by atoms with Gasteiger partial charge in [-0.1, -0.05) is 12.1 Å². The molecule has 0 fully saturated rings. The van der Waals surface area contributed by atoms with Gasteiger partial charge in [0.1, 0.15) is 13.0 Å². The van der Waals surface area contributed by atoms with Crippen molar-refractivity contribution in [3.63, 3.8) is 0 Å². The number of hydrogen-bond donors (Lipinski definition) is 0. The Balaban J connectivity index is 2.09. The fourth-order valence-electron chi connectivity index (χ4n) is 2.26. The van der Waals surface area contributed by atoms with Gasteiger partial charge in [0.05, 0.1) is 11.4 Å². The first-order valence-electron chi connectivity index (χ1n) is 5.41. The standard InChI is InChI=1S/C12H9N5/c1-2-4-11-10(3-1)12-15-14-8-16(12)6-9-5-13-7-17(9)11/h1-6,8H,7H2. The molecule has 17 heavy (non-hydrogen) atoms. The molecule has 2 aromatic rings. The van der Waals surface area contributed by atoms with Crippen LogP contribution in [-0.2, 0) is 0 Å². The molecule has 0 spiro atoms. The number of nitrogens with zero attached hydrogens (tertiary/aromatic N) is 5. The number of hydrogen-bond acceptors (Lipinski definition) is 4. The number of allylic oxidation sites excluding steroid dienone is 1. The number of aromatic nitrogens is 3. The Bertz CT molecular complexity index is 652. The third-order valence-corrected chi connectivity index (χ3v) is 3.04. The number of fused-ring (bicyclic) bond motifs is 5. The number of aliphatic imine (C=N–C) groups is 1. The minimum Gasteiger partial charge on any atom is -0.318 e. The van der Waals surface area contributed by atoms with Crippen LogP contribution >= 0.6 is 0 Å². The Morgan fingerprint density at radius 1 is 1.18 bits per heavy atom. The summed E-state index contributed by atoms with van der Waals surface area (Å²) in [6.45, 7) is 0.668. The summed E-state index contributed by atoms with van der Waals surface area (Å²) in [5, 5.41) is 8.15. The van der Waals surface area contributed by atoms with E-state index in [9.17, 15) is 0 Å². The van der Waals surface area contributed by atoms with Crippen LogP contribution in [0.2, 0.25) is 0 Å². The molecule has 0 aliphatic carbocycles. The van der Waals surface area contributed by atoms with Gasteiger partial charge in [0, 0.05) is 18.0 Å². The number of anilines is 1. The van der Waals surface area contributed by atoms with Crippen LogP contribution in [0.1, 0.15) is 0 Å². The van der Waals surface area contributed by atoms with Crippen molar-refractivity contribution in [1.29, 1.82) is 0 Å². The maximum Gasteiger partial charge on any atom is 0.170 e. The lowest BCUT2D eigenvalue weighted by atomic mass is 10.1. The Kier molecular flexibility index (Phi) is 1.55. The van der Waals surface area contributed by atoms with Crippen molar-refractivity contribution >= 4 is 18.1 Å². The highest BCUT2D eigenvalue weighted by Gasteiger charge is 2.23. The van der Waals surface area contributed by atoms with E-state index in [1.165, 1.54) is 0 Å². The molecule has 5 nitrogen and oxygen atoms in total. The molecule has 4 rings (SSSR count). The van der Waals surface area contributed by atoms with E-state index in [2.05, 4.69) is 32.2 Å². The highest BCUT2D eigenvalue weighted by Crippen LogP contribution is 2.35. The van der Waals surface area contributed by atoms with Gasteiger partial charge in [0.2, 0.25) is 0 Å². The second kappa shape index (κ2) is 3.04. The third kappa shape index (κ3) is 1.10. The van der Waals surface area contributed by atoms with Crippen LogP contribution in [0.25, 0.3) is 17.6 Å². The van der Waals surface area contributed by atoms with Crippen molar-refractivity contribution in [1.82, 2.24) is 14.8 Å². The van der Waals surface area contributed by atoms with Gasteiger partial charge >= 0.3 is 0 Å². The number of benzene rings is 1. The van der Waals surface area contributed by atoms with E-state index in [0.717, 1.165) is 22.8 Å². The maximum atomic E-state index is 4.30. The van der Waals surface area contributed by atoms with Gasteiger partial charge in [-0.15, -0.1) is 10.2 Å². The summed E-state index contributed by atoms with van der Waals surface area (Å²) in [5.41, 5.74) is 3.28. The van der Waals surface area contributed by atoms with Gasteiger partial charge in [-0.05, 0) is 12.1 Å². The van der Waals surface area contributed by atoms with Crippen LogP contribution in [-0.4, -0.2) is 27.6 Å². The maximum absolute atomic E-state index is 4.30. The Morgan fingerprint density at radius 3 is 3.12 bits per heavy atom. The van der Waals surface area contributed by atoms with Crippen LogP contribution < -0.4 is 4.90 Å². The summed E-state index contributed by atoms with van der Waals surface area (Å²) in [6.07, 6.45) is 5.60. The highest BCUT2D eigenvalue weighted by molar-refractivity contribution is 5.95. The molecule has 0 bridgehead atoms. The van der Waals surface area contributed by atoms with Crippen LogP contribution in [0.5, 0.6) is 0 Å². The zero-order valence-corrected chi connectivity index (χ0v) is 8.98. The van der Waals surface area contributed by atoms with Gasteiger partial charge < -0.3 is 4.90 Å². The molecule has 0 unspecified atom stereocenters. The van der Waals surface area contributed by atoms with Crippen LogP contribution in [0, 0.1) is 0 Å². The van der Waals surface area contributed by atoms with Crippen LogP contribution in [0.3, 0.4) is 0 Å². The molecule has 0 N–H and O–H groups in total. The van der Waals surface area contributed by atoms with Crippen LogP contribution in [0.15, 0.2) is 41.3 Å². The van der Waals surface area contributed by atoms with Crippen molar-refractivity contribution in [3.8, 4) is 11.4 Å². The van der Waals surface area contributed by atoms with Crippen molar-refractivity contribution in [3.05, 3.63) is 36.3 Å². The molecule has 0 saturated carbocycles. The molecule has 2 aliphatic heterocycles. The fourth-order valence-corrected chi connectivity index (χ4v) is 2.26. The Labute approximate surface area is 97.7 Å². The molecule has 1 aromatic carbocycles. The largest absolute Gasteiger partial charge is 0.318 e. The average Bonchev–Trinajstić information content (AvgIpc) is 2.97. The smallest absolute Gasteiger partial charge is 0.170 e. The van der Waals surface area contributed by atoms with E-state index in [4.69, 9.17) is 0 Å². The lowest BCUT2D eigenvalue weighted by molar-refractivity contribution is 1.01. The predicted molar refractivity (Wildman–Crippen MR) is 65.6 cm³/mol. The summed E-state index contributed by atoms with van der Waals surface area (Å²) in [5.74, 6) is 0.871. The van der Waals surface area contributed by atoms with Crippen molar-refractivity contribution in [2.75, 3.05) is 11.6 Å².